The van der Waals surface area contributed by atoms with Gasteiger partial charge in [0.15, 0.2) is 0 Å². The van der Waals surface area contributed by atoms with E-state index in [1.54, 1.807) is 6.92 Å². The first kappa shape index (κ1) is 21.9. The third-order valence-electron chi connectivity index (χ3n) is 5.30. The van der Waals surface area contributed by atoms with Crippen molar-refractivity contribution in [3.63, 3.8) is 0 Å². The van der Waals surface area contributed by atoms with Crippen LogP contribution in [0.3, 0.4) is 0 Å². The van der Waals surface area contributed by atoms with Crippen LogP contribution in [0.15, 0.2) is 42.5 Å². The van der Waals surface area contributed by atoms with Crippen molar-refractivity contribution in [1.29, 1.82) is 0 Å². The number of ether oxygens (including phenoxy) is 1. The molecule has 5 nitrogen and oxygen atoms in total. The second kappa shape index (κ2) is 9.35. The number of nitrogens with zero attached hydrogens (tertiary/aromatic N) is 1. The van der Waals surface area contributed by atoms with Gasteiger partial charge in [-0.15, -0.1) is 0 Å². The van der Waals surface area contributed by atoms with Gasteiger partial charge in [0, 0.05) is 19.0 Å². The summed E-state index contributed by atoms with van der Waals surface area (Å²) in [4.78, 5) is 24.8. The van der Waals surface area contributed by atoms with E-state index in [4.69, 9.17) is 16.3 Å². The second-order valence-corrected chi connectivity index (χ2v) is 7.81. The lowest BCUT2D eigenvalue weighted by Crippen LogP contribution is -2.24. The number of halogens is 1. The lowest BCUT2D eigenvalue weighted by Gasteiger charge is -2.14. The molecule has 1 heterocycles. The minimum Gasteiger partial charge on any atom is -0.466 e. The molecule has 0 bridgehead atoms. The van der Waals surface area contributed by atoms with Crippen molar-refractivity contribution in [2.75, 3.05) is 6.61 Å². The molecule has 0 radical (unpaired) electrons. The van der Waals surface area contributed by atoms with Gasteiger partial charge in [0.1, 0.15) is 5.69 Å². The monoisotopic (exact) mass is 426 g/mol. The predicted molar refractivity (Wildman–Crippen MR) is 120 cm³/mol. The van der Waals surface area contributed by atoms with Gasteiger partial charge in [-0.3, -0.25) is 9.59 Å². The number of hydrogen-bond donors (Lipinski definition) is 1. The largest absolute Gasteiger partial charge is 0.466 e. The van der Waals surface area contributed by atoms with Gasteiger partial charge in [0.2, 0.25) is 0 Å². The fraction of sp³-hybridized carbons (Fsp3) is 0.333. The first-order chi connectivity index (χ1) is 14.3. The molecule has 1 N–H and O–H groups in total. The second-order valence-electron chi connectivity index (χ2n) is 7.41. The van der Waals surface area contributed by atoms with Gasteiger partial charge < -0.3 is 14.6 Å². The molecule has 2 aromatic carbocycles. The van der Waals surface area contributed by atoms with Gasteiger partial charge >= 0.3 is 5.97 Å². The molecule has 1 amide bonds. The summed E-state index contributed by atoms with van der Waals surface area (Å²) in [7, 11) is 1.86. The average Bonchev–Trinajstić information content (AvgIpc) is 3.05. The molecule has 0 fully saturated rings. The molecule has 30 heavy (non-hydrogen) atoms. The number of aryl methyl sites for hydroxylation is 2. The van der Waals surface area contributed by atoms with E-state index in [1.165, 1.54) is 0 Å². The third-order valence-corrected chi connectivity index (χ3v) is 5.62. The van der Waals surface area contributed by atoms with Crippen molar-refractivity contribution < 1.29 is 14.3 Å². The highest BCUT2D eigenvalue weighted by Gasteiger charge is 2.20. The molecular formula is C24H27ClN2O3. The molecule has 6 heteroatoms. The maximum Gasteiger partial charge on any atom is 0.313 e. The Morgan fingerprint density at radius 3 is 2.47 bits per heavy atom. The lowest BCUT2D eigenvalue weighted by atomic mass is 9.95. The van der Waals surface area contributed by atoms with E-state index in [0.29, 0.717) is 30.3 Å². The van der Waals surface area contributed by atoms with Crippen LogP contribution in [0.2, 0.25) is 5.02 Å². The van der Waals surface area contributed by atoms with Crippen LogP contribution < -0.4 is 5.32 Å². The van der Waals surface area contributed by atoms with Gasteiger partial charge in [-0.2, -0.15) is 0 Å². The highest BCUT2D eigenvalue weighted by molar-refractivity contribution is 6.35. The van der Waals surface area contributed by atoms with Crippen LogP contribution in [0, 0.1) is 6.92 Å². The Bertz CT molecular complexity index is 1070. The number of amides is 1. The standard InChI is InChI=1S/C24H27ClN2O3/c1-5-18(24(29)30-6-2)17-9-7-16(8-10-17)14-26-23(28)22-13-19-20(25)11-15(3)12-21(19)27(22)4/h7-13,18H,5-6,14H2,1-4H3,(H,26,28). The van der Waals surface area contributed by atoms with Crippen LogP contribution >= 0.6 is 11.6 Å². The number of nitrogens with one attached hydrogen (secondary N) is 1. The summed E-state index contributed by atoms with van der Waals surface area (Å²) in [5, 5.41) is 4.47. The highest BCUT2D eigenvalue weighted by Crippen LogP contribution is 2.28. The molecule has 158 valence electrons. The van der Waals surface area contributed by atoms with Crippen LogP contribution in [-0.2, 0) is 23.1 Å². The fourth-order valence-corrected chi connectivity index (χ4v) is 3.98. The summed E-state index contributed by atoms with van der Waals surface area (Å²) < 4.78 is 7.01. The lowest BCUT2D eigenvalue weighted by molar-refractivity contribution is -0.145. The van der Waals surface area contributed by atoms with Crippen LogP contribution in [0.5, 0.6) is 0 Å². The molecule has 1 aromatic heterocycles. The molecule has 0 spiro atoms. The molecule has 3 rings (SSSR count). The van der Waals surface area contributed by atoms with Crippen molar-refractivity contribution in [3.05, 3.63) is 69.9 Å². The van der Waals surface area contributed by atoms with Crippen LogP contribution in [0.25, 0.3) is 10.9 Å². The van der Waals surface area contributed by atoms with E-state index >= 15 is 0 Å². The van der Waals surface area contributed by atoms with E-state index < -0.39 is 0 Å². The quantitative estimate of drug-likeness (QED) is 0.533. The maximum atomic E-state index is 12.8. The Morgan fingerprint density at radius 1 is 1.13 bits per heavy atom. The van der Waals surface area contributed by atoms with Crippen molar-refractivity contribution in [1.82, 2.24) is 9.88 Å². The summed E-state index contributed by atoms with van der Waals surface area (Å²) in [6.45, 7) is 6.52. The topological polar surface area (TPSA) is 60.3 Å². The number of aromatic nitrogens is 1. The summed E-state index contributed by atoms with van der Waals surface area (Å²) in [6, 6.07) is 13.4. The number of rotatable bonds is 7. The van der Waals surface area contributed by atoms with E-state index in [1.807, 2.05) is 67.9 Å². The molecule has 1 unspecified atom stereocenters. The molecule has 0 saturated carbocycles. The molecule has 0 aliphatic heterocycles. The Balaban J connectivity index is 1.71. The SMILES string of the molecule is CCOC(=O)C(CC)c1ccc(CNC(=O)c2cc3c(Cl)cc(C)cc3n2C)cc1. The molecule has 0 aliphatic rings. The molecular weight excluding hydrogens is 400 g/mol. The number of hydrogen-bond acceptors (Lipinski definition) is 3. The third kappa shape index (κ3) is 4.51. The van der Waals surface area contributed by atoms with Gasteiger partial charge in [-0.1, -0.05) is 42.8 Å². The minimum atomic E-state index is -0.266. The van der Waals surface area contributed by atoms with Crippen molar-refractivity contribution in [2.45, 2.75) is 39.7 Å². The Kier molecular flexibility index (Phi) is 6.83. The summed E-state index contributed by atoms with van der Waals surface area (Å²) in [5.41, 5.74) is 4.42. The normalized spacial score (nSPS) is 12.0. The van der Waals surface area contributed by atoms with Crippen molar-refractivity contribution in [2.24, 2.45) is 7.05 Å². The maximum absolute atomic E-state index is 12.8. The Labute approximate surface area is 182 Å². The molecule has 1 atom stereocenters. The summed E-state index contributed by atoms with van der Waals surface area (Å²) in [5.74, 6) is -0.632. The van der Waals surface area contributed by atoms with E-state index in [-0.39, 0.29) is 17.8 Å². The predicted octanol–water partition coefficient (Wildman–Crippen LogP) is 5.13. The number of fused-ring (bicyclic) bond motifs is 1. The summed E-state index contributed by atoms with van der Waals surface area (Å²) in [6.07, 6.45) is 0.679. The number of benzene rings is 2. The van der Waals surface area contributed by atoms with Crippen molar-refractivity contribution in [3.8, 4) is 0 Å². The zero-order valence-corrected chi connectivity index (χ0v) is 18.5. The zero-order chi connectivity index (χ0) is 21.8. The van der Waals surface area contributed by atoms with E-state index in [2.05, 4.69) is 5.32 Å². The van der Waals surface area contributed by atoms with E-state index in [0.717, 1.165) is 27.6 Å². The number of esters is 1. The van der Waals surface area contributed by atoms with Crippen LogP contribution in [0.4, 0.5) is 0 Å². The number of carbonyl (C=O) groups excluding carboxylic acids is 2. The Morgan fingerprint density at radius 2 is 1.83 bits per heavy atom. The van der Waals surface area contributed by atoms with Gasteiger partial charge in [-0.05, 0) is 55.2 Å². The smallest absolute Gasteiger partial charge is 0.313 e. The van der Waals surface area contributed by atoms with Crippen molar-refractivity contribution >= 4 is 34.4 Å². The fourth-order valence-electron chi connectivity index (χ4n) is 3.66. The first-order valence-corrected chi connectivity index (χ1v) is 10.5. The van der Waals surface area contributed by atoms with Crippen LogP contribution in [0.1, 0.15) is 53.4 Å². The Hall–Kier alpha value is -2.79. The van der Waals surface area contributed by atoms with Gasteiger partial charge in [0.25, 0.3) is 5.91 Å². The highest BCUT2D eigenvalue weighted by atomic mass is 35.5. The van der Waals surface area contributed by atoms with Gasteiger partial charge in [0.05, 0.1) is 23.1 Å². The van der Waals surface area contributed by atoms with Gasteiger partial charge in [-0.25, -0.2) is 0 Å². The molecule has 0 aliphatic carbocycles. The van der Waals surface area contributed by atoms with E-state index in [9.17, 15) is 9.59 Å². The van der Waals surface area contributed by atoms with Crippen LogP contribution in [-0.4, -0.2) is 23.1 Å². The minimum absolute atomic E-state index is 0.163. The molecule has 3 aromatic rings. The average molecular weight is 427 g/mol. The summed E-state index contributed by atoms with van der Waals surface area (Å²) >= 11 is 6.34. The molecule has 0 saturated heterocycles. The first-order valence-electron chi connectivity index (χ1n) is 10.1. The zero-order valence-electron chi connectivity index (χ0n) is 17.8. The number of carbonyl (C=O) groups is 2.